The molecule has 22 heavy (non-hydrogen) atoms. The number of pyridine rings is 1. The average molecular weight is 299 g/mol. The maximum atomic E-state index is 9.85. The second kappa shape index (κ2) is 6.66. The van der Waals surface area contributed by atoms with Gasteiger partial charge in [-0.2, -0.15) is 0 Å². The molecule has 0 atom stereocenters. The minimum Gasteiger partial charge on any atom is -0.504 e. The number of hydrogen-bond acceptors (Lipinski definition) is 5. The zero-order valence-corrected chi connectivity index (χ0v) is 12.8. The maximum Gasteiger partial charge on any atom is 0.160 e. The molecule has 1 aliphatic heterocycles. The molecule has 1 saturated heterocycles. The first kappa shape index (κ1) is 14.7. The molecule has 1 N–H and O–H groups in total. The van der Waals surface area contributed by atoms with Gasteiger partial charge in [0.05, 0.1) is 7.11 Å². The number of piperazine rings is 1. The Morgan fingerprint density at radius 3 is 2.59 bits per heavy atom. The summed E-state index contributed by atoms with van der Waals surface area (Å²) < 4.78 is 5.08. The molecule has 0 saturated carbocycles. The van der Waals surface area contributed by atoms with Gasteiger partial charge in [-0.05, 0) is 29.8 Å². The van der Waals surface area contributed by atoms with E-state index in [0.29, 0.717) is 5.75 Å². The van der Waals surface area contributed by atoms with Crippen LogP contribution in [0.3, 0.4) is 0 Å². The molecule has 1 aliphatic rings. The van der Waals surface area contributed by atoms with Crippen molar-refractivity contribution in [3.8, 4) is 11.5 Å². The SMILES string of the molecule is COc1ccc(CN2CCN(c3ccccn3)CC2)cc1O. The molecule has 0 spiro atoms. The van der Waals surface area contributed by atoms with E-state index in [0.717, 1.165) is 44.1 Å². The Balaban J connectivity index is 1.57. The number of nitrogens with zero attached hydrogens (tertiary/aromatic N) is 3. The molecule has 116 valence electrons. The summed E-state index contributed by atoms with van der Waals surface area (Å²) in [7, 11) is 1.56. The summed E-state index contributed by atoms with van der Waals surface area (Å²) in [6.07, 6.45) is 1.84. The van der Waals surface area contributed by atoms with Gasteiger partial charge in [-0.3, -0.25) is 4.90 Å². The quantitative estimate of drug-likeness (QED) is 0.937. The van der Waals surface area contributed by atoms with Crippen LogP contribution in [0.2, 0.25) is 0 Å². The van der Waals surface area contributed by atoms with E-state index in [1.54, 1.807) is 13.2 Å². The summed E-state index contributed by atoms with van der Waals surface area (Å²) in [6, 6.07) is 11.6. The number of benzene rings is 1. The normalized spacial score (nSPS) is 15.8. The van der Waals surface area contributed by atoms with E-state index in [9.17, 15) is 5.11 Å². The lowest BCUT2D eigenvalue weighted by Gasteiger charge is -2.35. The van der Waals surface area contributed by atoms with Gasteiger partial charge in [0.1, 0.15) is 5.82 Å². The molecular formula is C17H21N3O2. The van der Waals surface area contributed by atoms with Crippen LogP contribution in [0, 0.1) is 0 Å². The predicted octanol–water partition coefficient (Wildman–Crippen LogP) is 2.12. The zero-order chi connectivity index (χ0) is 15.4. The Morgan fingerprint density at radius 1 is 1.14 bits per heavy atom. The number of aromatic hydroxyl groups is 1. The molecule has 0 aliphatic carbocycles. The van der Waals surface area contributed by atoms with E-state index in [1.165, 1.54) is 0 Å². The molecule has 3 rings (SSSR count). The lowest BCUT2D eigenvalue weighted by Crippen LogP contribution is -2.46. The number of rotatable bonds is 4. The molecule has 0 amide bonds. The third-order valence-corrected chi connectivity index (χ3v) is 4.00. The molecule has 0 unspecified atom stereocenters. The Bertz CT molecular complexity index is 611. The highest BCUT2D eigenvalue weighted by molar-refractivity contribution is 5.42. The van der Waals surface area contributed by atoms with Gasteiger partial charge in [0.25, 0.3) is 0 Å². The number of phenolic OH excluding ortho intramolecular Hbond substituents is 1. The highest BCUT2D eigenvalue weighted by Gasteiger charge is 2.18. The van der Waals surface area contributed by atoms with E-state index >= 15 is 0 Å². The van der Waals surface area contributed by atoms with Crippen molar-refractivity contribution in [2.24, 2.45) is 0 Å². The fourth-order valence-electron chi connectivity index (χ4n) is 2.77. The van der Waals surface area contributed by atoms with Gasteiger partial charge in [-0.25, -0.2) is 4.98 Å². The molecule has 1 aromatic carbocycles. The van der Waals surface area contributed by atoms with Crippen LogP contribution in [-0.4, -0.2) is 48.3 Å². The highest BCUT2D eigenvalue weighted by atomic mass is 16.5. The first-order chi connectivity index (χ1) is 10.8. The van der Waals surface area contributed by atoms with Gasteiger partial charge in [-0.15, -0.1) is 0 Å². The summed E-state index contributed by atoms with van der Waals surface area (Å²) in [5.74, 6) is 1.76. The Kier molecular flexibility index (Phi) is 4.44. The molecule has 1 aromatic heterocycles. The molecule has 0 radical (unpaired) electrons. The average Bonchev–Trinajstić information content (AvgIpc) is 2.57. The van der Waals surface area contributed by atoms with Crippen molar-refractivity contribution in [2.75, 3.05) is 38.2 Å². The van der Waals surface area contributed by atoms with E-state index in [2.05, 4.69) is 20.9 Å². The van der Waals surface area contributed by atoms with Crippen molar-refractivity contribution >= 4 is 5.82 Å². The predicted molar refractivity (Wildman–Crippen MR) is 86.4 cm³/mol. The van der Waals surface area contributed by atoms with Gasteiger partial charge in [0.15, 0.2) is 11.5 Å². The summed E-state index contributed by atoms with van der Waals surface area (Å²) in [6.45, 7) is 4.76. The Morgan fingerprint density at radius 2 is 1.95 bits per heavy atom. The van der Waals surface area contributed by atoms with Crippen LogP contribution >= 0.6 is 0 Å². The highest BCUT2D eigenvalue weighted by Crippen LogP contribution is 2.27. The minimum atomic E-state index is 0.201. The van der Waals surface area contributed by atoms with E-state index in [-0.39, 0.29) is 5.75 Å². The van der Waals surface area contributed by atoms with Crippen LogP contribution in [0.4, 0.5) is 5.82 Å². The monoisotopic (exact) mass is 299 g/mol. The van der Waals surface area contributed by atoms with Crippen molar-refractivity contribution in [3.05, 3.63) is 48.2 Å². The summed E-state index contributed by atoms with van der Waals surface area (Å²) in [4.78, 5) is 9.10. The molecule has 2 heterocycles. The van der Waals surface area contributed by atoms with Crippen LogP contribution in [-0.2, 0) is 6.54 Å². The van der Waals surface area contributed by atoms with Gasteiger partial charge in [0, 0.05) is 38.9 Å². The van der Waals surface area contributed by atoms with Crippen molar-refractivity contribution in [3.63, 3.8) is 0 Å². The van der Waals surface area contributed by atoms with Crippen molar-refractivity contribution < 1.29 is 9.84 Å². The van der Waals surface area contributed by atoms with Gasteiger partial charge in [0.2, 0.25) is 0 Å². The number of ether oxygens (including phenoxy) is 1. The Hall–Kier alpha value is -2.27. The smallest absolute Gasteiger partial charge is 0.160 e. The maximum absolute atomic E-state index is 9.85. The molecule has 2 aromatic rings. The zero-order valence-electron chi connectivity index (χ0n) is 12.8. The molecule has 5 nitrogen and oxygen atoms in total. The lowest BCUT2D eigenvalue weighted by molar-refractivity contribution is 0.249. The van der Waals surface area contributed by atoms with Crippen LogP contribution in [0.5, 0.6) is 11.5 Å². The second-order valence-corrected chi connectivity index (χ2v) is 5.46. The first-order valence-electron chi connectivity index (χ1n) is 7.50. The minimum absolute atomic E-state index is 0.201. The van der Waals surface area contributed by atoms with Crippen molar-refractivity contribution in [1.82, 2.24) is 9.88 Å². The number of methoxy groups -OCH3 is 1. The molecule has 1 fully saturated rings. The summed E-state index contributed by atoms with van der Waals surface area (Å²) in [5, 5.41) is 9.85. The molecule has 5 heteroatoms. The summed E-state index contributed by atoms with van der Waals surface area (Å²) >= 11 is 0. The van der Waals surface area contributed by atoms with Gasteiger partial charge < -0.3 is 14.7 Å². The van der Waals surface area contributed by atoms with Gasteiger partial charge >= 0.3 is 0 Å². The van der Waals surface area contributed by atoms with Crippen molar-refractivity contribution in [1.29, 1.82) is 0 Å². The first-order valence-corrected chi connectivity index (χ1v) is 7.50. The third-order valence-electron chi connectivity index (χ3n) is 4.00. The standard InChI is InChI=1S/C17H21N3O2/c1-22-16-6-5-14(12-15(16)21)13-19-8-10-20(11-9-19)17-4-2-3-7-18-17/h2-7,12,21H,8-11,13H2,1H3. The second-order valence-electron chi connectivity index (χ2n) is 5.46. The largest absolute Gasteiger partial charge is 0.504 e. The van der Waals surface area contributed by atoms with Crippen LogP contribution < -0.4 is 9.64 Å². The number of hydrogen-bond donors (Lipinski definition) is 1. The number of anilines is 1. The fraction of sp³-hybridized carbons (Fsp3) is 0.353. The summed E-state index contributed by atoms with van der Waals surface area (Å²) in [5.41, 5.74) is 1.10. The third kappa shape index (κ3) is 3.31. The van der Waals surface area contributed by atoms with E-state index in [1.807, 2.05) is 30.5 Å². The van der Waals surface area contributed by atoms with Crippen molar-refractivity contribution in [2.45, 2.75) is 6.54 Å². The van der Waals surface area contributed by atoms with Crippen LogP contribution in [0.25, 0.3) is 0 Å². The van der Waals surface area contributed by atoms with E-state index in [4.69, 9.17) is 4.74 Å². The topological polar surface area (TPSA) is 48.8 Å². The molecule has 0 bridgehead atoms. The fourth-order valence-corrected chi connectivity index (χ4v) is 2.77. The van der Waals surface area contributed by atoms with Crippen LogP contribution in [0.15, 0.2) is 42.6 Å². The lowest BCUT2D eigenvalue weighted by atomic mass is 10.1. The number of aromatic nitrogens is 1. The Labute approximate surface area is 130 Å². The van der Waals surface area contributed by atoms with E-state index < -0.39 is 0 Å². The number of phenols is 1. The molecular weight excluding hydrogens is 278 g/mol. The van der Waals surface area contributed by atoms with Crippen LogP contribution in [0.1, 0.15) is 5.56 Å². The van der Waals surface area contributed by atoms with Gasteiger partial charge in [-0.1, -0.05) is 12.1 Å².